The number of aryl methyl sites for hydroxylation is 2. The lowest BCUT2D eigenvalue weighted by atomic mass is 10.3. The Morgan fingerprint density at radius 3 is 2.18 bits per heavy atom. The monoisotopic (exact) mass is 286 g/mol. The lowest BCUT2D eigenvalue weighted by Gasteiger charge is -2.02. The topological polar surface area (TPSA) is 51.6 Å². The summed E-state index contributed by atoms with van der Waals surface area (Å²) < 4.78 is 0. The Morgan fingerprint density at radius 1 is 0.941 bits per heavy atom. The van der Waals surface area contributed by atoms with Gasteiger partial charge in [0.15, 0.2) is 5.16 Å². The van der Waals surface area contributed by atoms with Crippen molar-refractivity contribution in [3.63, 3.8) is 0 Å². The van der Waals surface area contributed by atoms with Crippen LogP contribution in [-0.4, -0.2) is 19.9 Å². The van der Waals surface area contributed by atoms with Crippen LogP contribution in [0, 0.1) is 13.8 Å². The van der Waals surface area contributed by atoms with Gasteiger partial charge in [-0.05, 0) is 66.5 Å². The van der Waals surface area contributed by atoms with Gasteiger partial charge >= 0.3 is 0 Å². The van der Waals surface area contributed by atoms with Crippen LogP contribution in [0.5, 0.6) is 0 Å². The van der Waals surface area contributed by atoms with Crippen LogP contribution in [0.25, 0.3) is 0 Å². The number of hydrogen-bond acceptors (Lipinski definition) is 5. The molecule has 0 saturated carbocycles. The van der Waals surface area contributed by atoms with Crippen LogP contribution in [0.1, 0.15) is 11.3 Å². The second-order valence-corrected chi connectivity index (χ2v) is 5.05. The molecule has 0 aliphatic rings. The van der Waals surface area contributed by atoms with Crippen LogP contribution in [-0.2, 0) is 0 Å². The van der Waals surface area contributed by atoms with Crippen molar-refractivity contribution < 1.29 is 0 Å². The minimum absolute atomic E-state index is 0.0804. The number of aromatic nitrogens is 4. The Kier molecular flexibility index (Phi) is 3.81. The molecule has 2 heterocycles. The van der Waals surface area contributed by atoms with E-state index in [-0.39, 0.29) is 10.6 Å². The van der Waals surface area contributed by atoms with Crippen molar-refractivity contribution in [3.8, 4) is 0 Å². The van der Waals surface area contributed by atoms with Gasteiger partial charge in [0.25, 0.3) is 0 Å². The van der Waals surface area contributed by atoms with E-state index in [1.54, 1.807) is 0 Å². The molecule has 17 heavy (non-hydrogen) atoms. The van der Waals surface area contributed by atoms with Gasteiger partial charge in [0.05, 0.1) is 0 Å². The smallest absolute Gasteiger partial charge is 0.227 e. The fourth-order valence-corrected chi connectivity index (χ4v) is 2.65. The molecule has 0 radical (unpaired) electrons. The van der Waals surface area contributed by atoms with Crippen LogP contribution in [0.15, 0.2) is 22.3 Å². The lowest BCUT2D eigenvalue weighted by Crippen LogP contribution is -1.93. The summed E-state index contributed by atoms with van der Waals surface area (Å²) in [4.78, 5) is 16.0. The molecule has 0 amide bonds. The molecule has 0 bridgehead atoms. The first-order valence-electron chi connectivity index (χ1n) is 4.73. The molecule has 0 aromatic carbocycles. The fourth-order valence-electron chi connectivity index (χ4n) is 1.30. The van der Waals surface area contributed by atoms with Crippen LogP contribution < -0.4 is 0 Å². The SMILES string of the molecule is Cc1cc(C)nc(Sc2nc(Cl)nc(Cl)n2)c1. The highest BCUT2D eigenvalue weighted by Crippen LogP contribution is 2.25. The molecule has 0 fully saturated rings. The minimum atomic E-state index is 0.0804. The summed E-state index contributed by atoms with van der Waals surface area (Å²) in [6.07, 6.45) is 0. The second-order valence-electron chi connectivity index (χ2n) is 3.38. The van der Waals surface area contributed by atoms with Crippen LogP contribution in [0.3, 0.4) is 0 Å². The predicted octanol–water partition coefficient (Wildman–Crippen LogP) is 3.34. The number of rotatable bonds is 2. The van der Waals surface area contributed by atoms with Gasteiger partial charge in [0.1, 0.15) is 5.03 Å². The zero-order valence-corrected chi connectivity index (χ0v) is 11.4. The Hall–Kier alpha value is -0.910. The van der Waals surface area contributed by atoms with Crippen molar-refractivity contribution in [2.75, 3.05) is 0 Å². The molecule has 2 rings (SSSR count). The molecule has 0 saturated heterocycles. The van der Waals surface area contributed by atoms with Gasteiger partial charge in [-0.2, -0.15) is 15.0 Å². The van der Waals surface area contributed by atoms with E-state index in [1.807, 2.05) is 26.0 Å². The van der Waals surface area contributed by atoms with Gasteiger partial charge in [-0.25, -0.2) is 4.98 Å². The molecule has 0 atom stereocenters. The summed E-state index contributed by atoms with van der Waals surface area (Å²) in [5.74, 6) is 0. The Labute approximate surface area is 113 Å². The van der Waals surface area contributed by atoms with Gasteiger partial charge in [0.2, 0.25) is 10.6 Å². The fraction of sp³-hybridized carbons (Fsp3) is 0.200. The van der Waals surface area contributed by atoms with Crippen molar-refractivity contribution in [2.24, 2.45) is 0 Å². The first kappa shape index (κ1) is 12.5. The van der Waals surface area contributed by atoms with E-state index >= 15 is 0 Å². The number of pyridine rings is 1. The highest BCUT2D eigenvalue weighted by molar-refractivity contribution is 7.99. The van der Waals surface area contributed by atoms with E-state index in [1.165, 1.54) is 11.8 Å². The molecular weight excluding hydrogens is 279 g/mol. The van der Waals surface area contributed by atoms with E-state index in [2.05, 4.69) is 19.9 Å². The number of nitrogens with zero attached hydrogens (tertiary/aromatic N) is 4. The molecule has 2 aromatic rings. The Morgan fingerprint density at radius 2 is 1.59 bits per heavy atom. The summed E-state index contributed by atoms with van der Waals surface area (Å²) in [6.45, 7) is 3.94. The van der Waals surface area contributed by atoms with Crippen LogP contribution >= 0.6 is 35.0 Å². The lowest BCUT2D eigenvalue weighted by molar-refractivity contribution is 0.899. The van der Waals surface area contributed by atoms with Crippen molar-refractivity contribution in [3.05, 3.63) is 34.0 Å². The molecule has 2 aromatic heterocycles. The van der Waals surface area contributed by atoms with E-state index in [9.17, 15) is 0 Å². The zero-order valence-electron chi connectivity index (χ0n) is 9.11. The van der Waals surface area contributed by atoms with Crippen molar-refractivity contribution >= 4 is 35.0 Å². The minimum Gasteiger partial charge on any atom is -0.246 e. The van der Waals surface area contributed by atoms with Crippen molar-refractivity contribution in [1.82, 2.24) is 19.9 Å². The summed E-state index contributed by atoms with van der Waals surface area (Å²) in [7, 11) is 0. The van der Waals surface area contributed by atoms with E-state index < -0.39 is 0 Å². The summed E-state index contributed by atoms with van der Waals surface area (Å²) >= 11 is 12.7. The maximum absolute atomic E-state index is 5.70. The van der Waals surface area contributed by atoms with Gasteiger partial charge in [-0.15, -0.1) is 0 Å². The van der Waals surface area contributed by atoms with Crippen LogP contribution in [0.4, 0.5) is 0 Å². The molecule has 0 aliphatic heterocycles. The molecule has 0 spiro atoms. The van der Waals surface area contributed by atoms with Gasteiger partial charge in [-0.1, -0.05) is 0 Å². The van der Waals surface area contributed by atoms with Gasteiger partial charge < -0.3 is 0 Å². The molecule has 0 N–H and O–H groups in total. The maximum Gasteiger partial charge on any atom is 0.227 e. The molecule has 7 heteroatoms. The summed E-state index contributed by atoms with van der Waals surface area (Å²) in [5.41, 5.74) is 2.07. The normalized spacial score (nSPS) is 10.6. The Balaban J connectivity index is 2.31. The van der Waals surface area contributed by atoms with Gasteiger partial charge in [-0.3, -0.25) is 0 Å². The number of halogens is 2. The van der Waals surface area contributed by atoms with Crippen molar-refractivity contribution in [2.45, 2.75) is 24.0 Å². The van der Waals surface area contributed by atoms with E-state index in [4.69, 9.17) is 23.2 Å². The van der Waals surface area contributed by atoms with Crippen molar-refractivity contribution in [1.29, 1.82) is 0 Å². The second kappa shape index (κ2) is 5.16. The maximum atomic E-state index is 5.70. The average molecular weight is 287 g/mol. The largest absolute Gasteiger partial charge is 0.246 e. The number of hydrogen-bond donors (Lipinski definition) is 0. The third-order valence-corrected chi connectivity index (χ3v) is 2.95. The standard InChI is InChI=1S/C10H8Cl2N4S/c1-5-3-6(2)13-7(4-5)17-10-15-8(11)14-9(12)16-10/h3-4H,1-2H3. The highest BCUT2D eigenvalue weighted by Gasteiger charge is 2.07. The summed E-state index contributed by atoms with van der Waals surface area (Å²) in [6, 6.07) is 3.95. The quantitative estimate of drug-likeness (QED) is 0.847. The predicted molar refractivity (Wildman–Crippen MR) is 67.7 cm³/mol. The molecule has 4 nitrogen and oxygen atoms in total. The van der Waals surface area contributed by atoms with Crippen LogP contribution in [0.2, 0.25) is 10.6 Å². The molecule has 88 valence electrons. The van der Waals surface area contributed by atoms with E-state index in [0.717, 1.165) is 16.3 Å². The average Bonchev–Trinajstić information content (AvgIpc) is 2.13. The third kappa shape index (κ3) is 3.52. The summed E-state index contributed by atoms with van der Waals surface area (Å²) in [5, 5.41) is 1.40. The highest BCUT2D eigenvalue weighted by atomic mass is 35.5. The molecule has 0 aliphatic carbocycles. The first-order valence-corrected chi connectivity index (χ1v) is 6.30. The van der Waals surface area contributed by atoms with E-state index in [0.29, 0.717) is 5.16 Å². The van der Waals surface area contributed by atoms with Gasteiger partial charge in [0, 0.05) is 5.69 Å². The molecular formula is C10H8Cl2N4S. The zero-order chi connectivity index (χ0) is 12.4. The first-order chi connectivity index (χ1) is 8.02. The molecule has 0 unspecified atom stereocenters. The Bertz CT molecular complexity index is 472. The third-order valence-electron chi connectivity index (χ3n) is 1.83.